The third-order valence-corrected chi connectivity index (χ3v) is 3.99. The van der Waals surface area contributed by atoms with E-state index >= 15 is 0 Å². The molecule has 1 saturated heterocycles. The van der Waals surface area contributed by atoms with Crippen molar-refractivity contribution in [2.45, 2.75) is 37.4 Å². The van der Waals surface area contributed by atoms with E-state index < -0.39 is 0 Å². The molecule has 0 aromatic heterocycles. The number of fused-ring (bicyclic) bond motifs is 2. The highest BCUT2D eigenvalue weighted by molar-refractivity contribution is 7.99. The number of rotatable bonds is 0. The average molecular weight is 142 g/mol. The molecule has 1 heterocycles. The first-order chi connectivity index (χ1) is 4.45. The molecule has 1 heteroatoms. The van der Waals surface area contributed by atoms with Crippen molar-refractivity contribution < 1.29 is 0 Å². The molecule has 0 spiro atoms. The molecule has 0 N–H and O–H groups in total. The highest BCUT2D eigenvalue weighted by atomic mass is 32.2. The highest BCUT2D eigenvalue weighted by Crippen LogP contribution is 2.39. The van der Waals surface area contributed by atoms with E-state index in [4.69, 9.17) is 0 Å². The van der Waals surface area contributed by atoms with Gasteiger partial charge in [-0.2, -0.15) is 11.8 Å². The van der Waals surface area contributed by atoms with Crippen LogP contribution in [-0.2, 0) is 0 Å². The molecule has 2 rings (SSSR count). The molecule has 2 aliphatic rings. The smallest absolute Gasteiger partial charge is 0.00496 e. The second-order valence-electron chi connectivity index (χ2n) is 3.31. The summed E-state index contributed by atoms with van der Waals surface area (Å²) in [7, 11) is 0. The normalized spacial score (nSPS) is 42.7. The third-order valence-electron chi connectivity index (χ3n) is 2.61. The van der Waals surface area contributed by atoms with Gasteiger partial charge in [-0.25, -0.2) is 0 Å². The number of hydrogen-bond acceptors (Lipinski definition) is 1. The Morgan fingerprint density at radius 1 is 1.11 bits per heavy atom. The molecule has 1 aliphatic heterocycles. The molecule has 2 atom stereocenters. The zero-order valence-electron chi connectivity index (χ0n) is 5.81. The highest BCUT2D eigenvalue weighted by Gasteiger charge is 2.25. The number of thioether (sulfide) groups is 1. The molecule has 2 fully saturated rings. The summed E-state index contributed by atoms with van der Waals surface area (Å²) in [5.41, 5.74) is 0. The van der Waals surface area contributed by atoms with E-state index in [2.05, 4.69) is 11.8 Å². The fourth-order valence-electron chi connectivity index (χ4n) is 2.06. The summed E-state index contributed by atoms with van der Waals surface area (Å²) in [5.74, 6) is 2.58. The Bertz CT molecular complexity index is 80.7. The van der Waals surface area contributed by atoms with Crippen LogP contribution < -0.4 is 0 Å². The fourth-order valence-corrected chi connectivity index (χ4v) is 3.60. The SMILES string of the molecule is C1CC2CCSC(C1)C2. The van der Waals surface area contributed by atoms with Crippen LogP contribution in [0.2, 0.25) is 0 Å². The largest absolute Gasteiger partial charge is 0.159 e. The standard InChI is InChI=1S/C8H14S/c1-2-7-4-5-9-8(3-1)6-7/h7-8H,1-6H2. The summed E-state index contributed by atoms with van der Waals surface area (Å²) in [5, 5.41) is 1.07. The van der Waals surface area contributed by atoms with Crippen molar-refractivity contribution in [2.24, 2.45) is 5.92 Å². The van der Waals surface area contributed by atoms with Crippen molar-refractivity contribution in [1.29, 1.82) is 0 Å². The zero-order valence-corrected chi connectivity index (χ0v) is 6.62. The molecule has 0 radical (unpaired) electrons. The van der Waals surface area contributed by atoms with Gasteiger partial charge in [0, 0.05) is 5.25 Å². The van der Waals surface area contributed by atoms with Gasteiger partial charge in [0.2, 0.25) is 0 Å². The molecule has 9 heavy (non-hydrogen) atoms. The van der Waals surface area contributed by atoms with Gasteiger partial charge in [0.25, 0.3) is 0 Å². The molecular formula is C8H14S. The lowest BCUT2D eigenvalue weighted by Gasteiger charge is -2.33. The molecular weight excluding hydrogens is 128 g/mol. The van der Waals surface area contributed by atoms with Gasteiger partial charge in [-0.3, -0.25) is 0 Å². The van der Waals surface area contributed by atoms with Crippen LogP contribution in [0.3, 0.4) is 0 Å². The van der Waals surface area contributed by atoms with Gasteiger partial charge in [0.15, 0.2) is 0 Å². The second kappa shape index (κ2) is 2.53. The Kier molecular flexibility index (Phi) is 1.71. The predicted octanol–water partition coefficient (Wildman–Crippen LogP) is 2.68. The maximum Gasteiger partial charge on any atom is 0.00496 e. The van der Waals surface area contributed by atoms with Crippen molar-refractivity contribution in [2.75, 3.05) is 5.75 Å². The van der Waals surface area contributed by atoms with E-state index in [1.165, 1.54) is 31.4 Å². The van der Waals surface area contributed by atoms with Crippen molar-refractivity contribution in [3.63, 3.8) is 0 Å². The third kappa shape index (κ3) is 1.26. The minimum atomic E-state index is 1.07. The lowest BCUT2D eigenvalue weighted by Crippen LogP contribution is -2.22. The Morgan fingerprint density at radius 3 is 2.89 bits per heavy atom. The van der Waals surface area contributed by atoms with Crippen LogP contribution in [0.5, 0.6) is 0 Å². The molecule has 1 aliphatic carbocycles. The van der Waals surface area contributed by atoms with E-state index in [0.717, 1.165) is 11.2 Å². The first-order valence-electron chi connectivity index (χ1n) is 4.07. The van der Waals surface area contributed by atoms with Crippen LogP contribution in [-0.4, -0.2) is 11.0 Å². The second-order valence-corrected chi connectivity index (χ2v) is 4.72. The Balaban J connectivity index is 1.96. The van der Waals surface area contributed by atoms with E-state index in [1.54, 1.807) is 6.42 Å². The van der Waals surface area contributed by atoms with Crippen LogP contribution in [0.4, 0.5) is 0 Å². The van der Waals surface area contributed by atoms with Gasteiger partial charge in [0.1, 0.15) is 0 Å². The van der Waals surface area contributed by atoms with E-state index in [-0.39, 0.29) is 0 Å². The first-order valence-corrected chi connectivity index (χ1v) is 5.11. The molecule has 0 aromatic rings. The molecule has 52 valence electrons. The Labute approximate surface area is 61.4 Å². The summed E-state index contributed by atoms with van der Waals surface area (Å²) >= 11 is 2.22. The fraction of sp³-hybridized carbons (Fsp3) is 1.00. The van der Waals surface area contributed by atoms with Gasteiger partial charge in [-0.1, -0.05) is 12.8 Å². The van der Waals surface area contributed by atoms with Crippen LogP contribution in [0.1, 0.15) is 32.1 Å². The molecule has 0 amide bonds. The van der Waals surface area contributed by atoms with Crippen molar-refractivity contribution in [3.05, 3.63) is 0 Å². The summed E-state index contributed by atoms with van der Waals surface area (Å²) in [4.78, 5) is 0. The van der Waals surface area contributed by atoms with E-state index in [9.17, 15) is 0 Å². The van der Waals surface area contributed by atoms with Gasteiger partial charge in [-0.15, -0.1) is 0 Å². The first kappa shape index (κ1) is 6.09. The van der Waals surface area contributed by atoms with Crippen molar-refractivity contribution >= 4 is 11.8 Å². The van der Waals surface area contributed by atoms with Gasteiger partial charge < -0.3 is 0 Å². The van der Waals surface area contributed by atoms with Gasteiger partial charge in [0.05, 0.1) is 0 Å². The van der Waals surface area contributed by atoms with E-state index in [1.807, 2.05) is 0 Å². The lowest BCUT2D eigenvalue weighted by atomic mass is 9.87. The van der Waals surface area contributed by atoms with Crippen LogP contribution >= 0.6 is 11.8 Å². The zero-order chi connectivity index (χ0) is 6.10. The number of hydrogen-bond donors (Lipinski definition) is 0. The Hall–Kier alpha value is 0.350. The lowest BCUT2D eigenvalue weighted by molar-refractivity contribution is 0.348. The maximum atomic E-state index is 2.22. The van der Waals surface area contributed by atoms with Crippen LogP contribution in [0, 0.1) is 5.92 Å². The average Bonchev–Trinajstić information content (AvgIpc) is 1.88. The van der Waals surface area contributed by atoms with Gasteiger partial charge in [-0.05, 0) is 30.9 Å². The summed E-state index contributed by atoms with van der Waals surface area (Å²) in [6, 6.07) is 0. The quantitative estimate of drug-likeness (QED) is 0.501. The van der Waals surface area contributed by atoms with E-state index in [0.29, 0.717) is 0 Å². The molecule has 2 unspecified atom stereocenters. The summed E-state index contributed by atoms with van der Waals surface area (Å²) in [6.07, 6.45) is 7.63. The van der Waals surface area contributed by atoms with Crippen molar-refractivity contribution in [1.82, 2.24) is 0 Å². The topological polar surface area (TPSA) is 0 Å². The predicted molar refractivity (Wildman–Crippen MR) is 42.8 cm³/mol. The monoisotopic (exact) mass is 142 g/mol. The van der Waals surface area contributed by atoms with Crippen molar-refractivity contribution in [3.8, 4) is 0 Å². The van der Waals surface area contributed by atoms with Gasteiger partial charge >= 0.3 is 0 Å². The minimum Gasteiger partial charge on any atom is -0.159 e. The molecule has 0 nitrogen and oxygen atoms in total. The van der Waals surface area contributed by atoms with Crippen LogP contribution in [0.15, 0.2) is 0 Å². The minimum absolute atomic E-state index is 1.07. The molecule has 1 saturated carbocycles. The van der Waals surface area contributed by atoms with Crippen LogP contribution in [0.25, 0.3) is 0 Å². The Morgan fingerprint density at radius 2 is 2.11 bits per heavy atom. The summed E-state index contributed by atoms with van der Waals surface area (Å²) in [6.45, 7) is 0. The molecule has 0 aromatic carbocycles. The summed E-state index contributed by atoms with van der Waals surface area (Å²) < 4.78 is 0. The maximum absolute atomic E-state index is 2.22. The molecule has 2 bridgehead atoms.